The Morgan fingerprint density at radius 3 is 2.41 bits per heavy atom. The summed E-state index contributed by atoms with van der Waals surface area (Å²) in [5.74, 6) is 0.0360. The number of benzene rings is 2. The molecule has 0 aliphatic carbocycles. The van der Waals surface area contributed by atoms with Crippen LogP contribution in [-0.2, 0) is 26.1 Å². The van der Waals surface area contributed by atoms with Crippen LogP contribution in [0.4, 0.5) is 5.69 Å². The number of rotatable bonds is 7. The maximum Gasteiger partial charge on any atom is 0.246 e. The van der Waals surface area contributed by atoms with Gasteiger partial charge in [-0.3, -0.25) is 9.69 Å². The molecule has 1 N–H and O–H groups in total. The molecule has 0 unspecified atom stereocenters. The first-order valence-electron chi connectivity index (χ1n) is 11.4. The molecular weight excluding hydrogens is 478 g/mol. The van der Waals surface area contributed by atoms with E-state index in [4.69, 9.17) is 21.1 Å². The second-order valence-electron chi connectivity index (χ2n) is 8.55. The minimum atomic E-state index is -3.77. The van der Waals surface area contributed by atoms with Crippen molar-refractivity contribution in [3.05, 3.63) is 53.1 Å². The number of morpholine rings is 1. The minimum absolute atomic E-state index is 0.0486. The number of methoxy groups -OCH3 is 1. The molecule has 4 rings (SSSR count). The number of amides is 1. The molecule has 184 valence electrons. The highest BCUT2D eigenvalue weighted by molar-refractivity contribution is 7.89. The molecule has 0 bridgehead atoms. The molecule has 0 spiro atoms. The standard InChI is InChI=1S/C24H30ClN3O5S/c1-32-22-7-6-21(16-23(22)34(30,31)28-12-14-33-15-13-28)26-24(29)19-8-10-27(11-9-19)17-18-2-4-20(25)5-3-18/h2-7,16,19H,8-15,17H2,1H3,(H,26,29). The van der Waals surface area contributed by atoms with Crippen molar-refractivity contribution < 1.29 is 22.7 Å². The third-order valence-corrected chi connectivity index (χ3v) is 8.47. The van der Waals surface area contributed by atoms with Crippen LogP contribution in [0.25, 0.3) is 0 Å². The Balaban J connectivity index is 1.38. The maximum absolute atomic E-state index is 13.2. The number of piperidine rings is 1. The lowest BCUT2D eigenvalue weighted by Gasteiger charge is -2.31. The first-order chi connectivity index (χ1) is 16.4. The molecule has 0 aromatic heterocycles. The lowest BCUT2D eigenvalue weighted by atomic mass is 9.95. The number of nitrogens with zero attached hydrogens (tertiary/aromatic N) is 2. The molecule has 2 aliphatic heterocycles. The van der Waals surface area contributed by atoms with Crippen molar-refractivity contribution in [2.45, 2.75) is 24.3 Å². The third kappa shape index (κ3) is 5.90. The van der Waals surface area contributed by atoms with E-state index in [1.54, 1.807) is 12.1 Å². The number of halogens is 1. The molecule has 34 heavy (non-hydrogen) atoms. The van der Waals surface area contributed by atoms with Crippen molar-refractivity contribution in [3.63, 3.8) is 0 Å². The van der Waals surface area contributed by atoms with Crippen LogP contribution >= 0.6 is 11.6 Å². The van der Waals surface area contributed by atoms with Crippen LogP contribution in [0.2, 0.25) is 5.02 Å². The highest BCUT2D eigenvalue weighted by atomic mass is 35.5. The van der Waals surface area contributed by atoms with E-state index in [1.165, 1.54) is 23.0 Å². The van der Waals surface area contributed by atoms with Crippen molar-refractivity contribution in [1.82, 2.24) is 9.21 Å². The number of hydrogen-bond acceptors (Lipinski definition) is 6. The summed E-state index contributed by atoms with van der Waals surface area (Å²) in [7, 11) is -2.33. The molecule has 2 saturated heterocycles. The number of nitrogens with one attached hydrogen (secondary N) is 1. The summed E-state index contributed by atoms with van der Waals surface area (Å²) in [6.07, 6.45) is 1.49. The van der Waals surface area contributed by atoms with Crippen LogP contribution in [-0.4, -0.2) is 70.0 Å². The largest absolute Gasteiger partial charge is 0.495 e. The minimum Gasteiger partial charge on any atom is -0.495 e. The lowest BCUT2D eigenvalue weighted by molar-refractivity contribution is -0.121. The van der Waals surface area contributed by atoms with Gasteiger partial charge in [0, 0.05) is 36.3 Å². The van der Waals surface area contributed by atoms with Gasteiger partial charge >= 0.3 is 0 Å². The first kappa shape index (κ1) is 24.9. The molecule has 1 amide bonds. The van der Waals surface area contributed by atoms with E-state index in [-0.39, 0.29) is 35.6 Å². The molecule has 2 aliphatic rings. The molecule has 8 nitrogen and oxygen atoms in total. The summed E-state index contributed by atoms with van der Waals surface area (Å²) in [4.78, 5) is 15.3. The van der Waals surface area contributed by atoms with Gasteiger partial charge in [0.05, 0.1) is 20.3 Å². The smallest absolute Gasteiger partial charge is 0.246 e. The number of carbonyl (C=O) groups excluding carboxylic acids is 1. The fourth-order valence-electron chi connectivity index (χ4n) is 4.33. The fourth-order valence-corrected chi connectivity index (χ4v) is 6.04. The summed E-state index contributed by atoms with van der Waals surface area (Å²) in [6.45, 7) is 3.75. The predicted octanol–water partition coefficient (Wildman–Crippen LogP) is 3.22. The van der Waals surface area contributed by atoms with Crippen LogP contribution < -0.4 is 10.1 Å². The zero-order chi connectivity index (χ0) is 24.1. The Kier molecular flexibility index (Phi) is 8.10. The quantitative estimate of drug-likeness (QED) is 0.619. The molecule has 10 heteroatoms. The van der Waals surface area contributed by atoms with Crippen molar-refractivity contribution >= 4 is 33.2 Å². The summed E-state index contributed by atoms with van der Waals surface area (Å²) < 4.78 is 38.3. The van der Waals surface area contributed by atoms with E-state index in [0.29, 0.717) is 18.9 Å². The van der Waals surface area contributed by atoms with Crippen LogP contribution in [0.15, 0.2) is 47.4 Å². The lowest BCUT2D eigenvalue weighted by Crippen LogP contribution is -2.40. The monoisotopic (exact) mass is 507 g/mol. The van der Waals surface area contributed by atoms with Gasteiger partial charge < -0.3 is 14.8 Å². The molecule has 0 saturated carbocycles. The fraction of sp³-hybridized carbons (Fsp3) is 0.458. The number of carbonyl (C=O) groups is 1. The Morgan fingerprint density at radius 1 is 1.09 bits per heavy atom. The second kappa shape index (κ2) is 11.0. The summed E-state index contributed by atoms with van der Waals surface area (Å²) in [5, 5.41) is 3.63. The molecule has 2 aromatic carbocycles. The predicted molar refractivity (Wildman–Crippen MR) is 131 cm³/mol. The van der Waals surface area contributed by atoms with Crippen LogP contribution in [0.5, 0.6) is 5.75 Å². The van der Waals surface area contributed by atoms with Crippen molar-refractivity contribution in [2.75, 3.05) is 51.8 Å². The number of anilines is 1. The van der Waals surface area contributed by atoms with E-state index in [9.17, 15) is 13.2 Å². The zero-order valence-electron chi connectivity index (χ0n) is 19.2. The molecule has 2 heterocycles. The average Bonchev–Trinajstić information content (AvgIpc) is 2.86. The summed E-state index contributed by atoms with van der Waals surface area (Å²) >= 11 is 5.96. The Bertz CT molecular complexity index is 1100. The molecule has 2 aromatic rings. The highest BCUT2D eigenvalue weighted by Gasteiger charge is 2.30. The van der Waals surface area contributed by atoms with Crippen LogP contribution in [0, 0.1) is 5.92 Å². The molecule has 0 radical (unpaired) electrons. The normalized spacial score (nSPS) is 18.5. The Labute approximate surface area is 205 Å². The zero-order valence-corrected chi connectivity index (χ0v) is 20.8. The van der Waals surface area contributed by atoms with Gasteiger partial charge in [0.25, 0.3) is 0 Å². The van der Waals surface area contributed by atoms with Gasteiger partial charge in [0.1, 0.15) is 10.6 Å². The van der Waals surface area contributed by atoms with Crippen molar-refractivity contribution in [2.24, 2.45) is 5.92 Å². The first-order valence-corrected chi connectivity index (χ1v) is 13.2. The maximum atomic E-state index is 13.2. The third-order valence-electron chi connectivity index (χ3n) is 6.30. The Hall–Kier alpha value is -2.17. The number of ether oxygens (including phenoxy) is 2. The number of sulfonamides is 1. The van der Waals surface area contributed by atoms with Gasteiger partial charge in [0.15, 0.2) is 0 Å². The van der Waals surface area contributed by atoms with Crippen molar-refractivity contribution in [1.29, 1.82) is 0 Å². The van der Waals surface area contributed by atoms with Gasteiger partial charge in [-0.2, -0.15) is 4.31 Å². The molecule has 2 fully saturated rings. The van der Waals surface area contributed by atoms with E-state index >= 15 is 0 Å². The summed E-state index contributed by atoms with van der Waals surface area (Å²) in [6, 6.07) is 12.6. The number of likely N-dealkylation sites (tertiary alicyclic amines) is 1. The van der Waals surface area contributed by atoms with E-state index in [0.717, 1.165) is 37.5 Å². The Morgan fingerprint density at radius 2 is 1.76 bits per heavy atom. The van der Waals surface area contributed by atoms with Gasteiger partial charge in [-0.1, -0.05) is 23.7 Å². The van der Waals surface area contributed by atoms with E-state index in [1.807, 2.05) is 24.3 Å². The SMILES string of the molecule is COc1ccc(NC(=O)C2CCN(Cc3ccc(Cl)cc3)CC2)cc1S(=O)(=O)N1CCOCC1. The highest BCUT2D eigenvalue weighted by Crippen LogP contribution is 2.31. The topological polar surface area (TPSA) is 88.2 Å². The van der Waals surface area contributed by atoms with Crippen LogP contribution in [0.1, 0.15) is 18.4 Å². The van der Waals surface area contributed by atoms with Gasteiger partial charge in [-0.05, 0) is 61.8 Å². The van der Waals surface area contributed by atoms with Crippen LogP contribution in [0.3, 0.4) is 0 Å². The van der Waals surface area contributed by atoms with Crippen molar-refractivity contribution in [3.8, 4) is 5.75 Å². The van der Waals surface area contributed by atoms with Gasteiger partial charge in [-0.15, -0.1) is 0 Å². The van der Waals surface area contributed by atoms with Gasteiger partial charge in [0.2, 0.25) is 15.9 Å². The average molecular weight is 508 g/mol. The molecular formula is C24H30ClN3O5S. The molecule has 0 atom stereocenters. The van der Waals surface area contributed by atoms with E-state index < -0.39 is 10.0 Å². The van der Waals surface area contributed by atoms with Gasteiger partial charge in [-0.25, -0.2) is 8.42 Å². The number of hydrogen-bond donors (Lipinski definition) is 1. The summed E-state index contributed by atoms with van der Waals surface area (Å²) in [5.41, 5.74) is 1.64. The second-order valence-corrected chi connectivity index (χ2v) is 10.9. The van der Waals surface area contributed by atoms with E-state index in [2.05, 4.69) is 10.2 Å².